The van der Waals surface area contributed by atoms with Gasteiger partial charge in [0.05, 0.1) is 0 Å². The van der Waals surface area contributed by atoms with Gasteiger partial charge in [0.2, 0.25) is 5.91 Å². The van der Waals surface area contributed by atoms with E-state index in [0.29, 0.717) is 5.02 Å². The third-order valence-corrected chi connectivity index (χ3v) is 3.31. The van der Waals surface area contributed by atoms with Crippen molar-refractivity contribution in [2.24, 2.45) is 0 Å². The third-order valence-electron chi connectivity index (χ3n) is 2.39. The predicted molar refractivity (Wildman–Crippen MR) is 88.3 cm³/mol. The van der Waals surface area contributed by atoms with Crippen molar-refractivity contribution in [1.82, 2.24) is 0 Å². The van der Waals surface area contributed by atoms with Gasteiger partial charge < -0.3 is 5.32 Å². The molecule has 2 aromatic rings. The molecule has 2 nitrogen and oxygen atoms in total. The average molecular weight is 384 g/mol. The van der Waals surface area contributed by atoms with Crippen LogP contribution in [0.3, 0.4) is 0 Å². The summed E-state index contributed by atoms with van der Waals surface area (Å²) in [5, 5.41) is 3.49. The van der Waals surface area contributed by atoms with E-state index in [1.165, 1.54) is 6.08 Å². The summed E-state index contributed by atoms with van der Waals surface area (Å²) in [5.74, 6) is -0.156. The molecule has 0 heterocycles. The lowest BCUT2D eigenvalue weighted by atomic mass is 10.2. The van der Waals surface area contributed by atoms with E-state index in [0.717, 1.165) is 14.8 Å². The standard InChI is InChI=1S/C15H11ClINO/c16-12-7-4-11(5-8-12)6-9-15(19)18-14-3-1-2-13(17)10-14/h1-10H,(H,18,19)/b9-6+. The summed E-state index contributed by atoms with van der Waals surface area (Å²) in [4.78, 5) is 11.7. The molecule has 1 amide bonds. The maximum absolute atomic E-state index is 11.7. The quantitative estimate of drug-likeness (QED) is 0.609. The van der Waals surface area contributed by atoms with E-state index in [1.807, 2.05) is 36.4 Å². The molecule has 0 atom stereocenters. The van der Waals surface area contributed by atoms with E-state index in [-0.39, 0.29) is 5.91 Å². The molecule has 0 aliphatic heterocycles. The first-order valence-electron chi connectivity index (χ1n) is 5.64. The van der Waals surface area contributed by atoms with Crippen molar-refractivity contribution in [2.45, 2.75) is 0 Å². The van der Waals surface area contributed by atoms with E-state index in [9.17, 15) is 4.79 Å². The highest BCUT2D eigenvalue weighted by Crippen LogP contribution is 2.13. The van der Waals surface area contributed by atoms with Crippen LogP contribution in [0.2, 0.25) is 5.02 Å². The van der Waals surface area contributed by atoms with E-state index >= 15 is 0 Å². The Hall–Kier alpha value is -1.33. The highest BCUT2D eigenvalue weighted by atomic mass is 127. The monoisotopic (exact) mass is 383 g/mol. The molecule has 0 bridgehead atoms. The number of nitrogens with one attached hydrogen (secondary N) is 1. The molecule has 0 aliphatic rings. The van der Waals surface area contributed by atoms with Gasteiger partial charge in [0.1, 0.15) is 0 Å². The molecule has 4 heteroatoms. The molecule has 0 aliphatic carbocycles. The first-order chi connectivity index (χ1) is 9.13. The van der Waals surface area contributed by atoms with Gasteiger partial charge >= 0.3 is 0 Å². The summed E-state index contributed by atoms with van der Waals surface area (Å²) in [6.07, 6.45) is 3.25. The van der Waals surface area contributed by atoms with E-state index < -0.39 is 0 Å². The summed E-state index contributed by atoms with van der Waals surface area (Å²) in [6, 6.07) is 14.9. The van der Waals surface area contributed by atoms with E-state index in [1.54, 1.807) is 18.2 Å². The van der Waals surface area contributed by atoms with Crippen LogP contribution in [0.15, 0.2) is 54.6 Å². The van der Waals surface area contributed by atoms with Crippen molar-refractivity contribution in [3.63, 3.8) is 0 Å². The molecule has 0 spiro atoms. The number of amides is 1. The molecule has 2 aromatic carbocycles. The van der Waals surface area contributed by atoms with Crippen LogP contribution in [0, 0.1) is 3.57 Å². The van der Waals surface area contributed by atoms with Crippen LogP contribution >= 0.6 is 34.2 Å². The first kappa shape index (κ1) is 14.1. The smallest absolute Gasteiger partial charge is 0.248 e. The van der Waals surface area contributed by atoms with Crippen LogP contribution in [0.25, 0.3) is 6.08 Å². The Balaban J connectivity index is 1.99. The zero-order valence-corrected chi connectivity index (χ0v) is 12.9. The van der Waals surface area contributed by atoms with Gasteiger partial charge in [-0.25, -0.2) is 0 Å². The molecule has 0 saturated carbocycles. The molecule has 0 unspecified atom stereocenters. The minimum atomic E-state index is -0.156. The Morgan fingerprint density at radius 1 is 1.16 bits per heavy atom. The number of carbonyl (C=O) groups is 1. The molecule has 0 fully saturated rings. The lowest BCUT2D eigenvalue weighted by Gasteiger charge is -2.02. The lowest BCUT2D eigenvalue weighted by Crippen LogP contribution is -2.07. The summed E-state index contributed by atoms with van der Waals surface area (Å²) in [7, 11) is 0. The number of anilines is 1. The number of hydrogen-bond donors (Lipinski definition) is 1. The van der Waals surface area contributed by atoms with Gasteiger partial charge in [0.15, 0.2) is 0 Å². The minimum absolute atomic E-state index is 0.156. The Morgan fingerprint density at radius 2 is 1.89 bits per heavy atom. The van der Waals surface area contributed by atoms with Gasteiger partial charge in [-0.05, 0) is 64.6 Å². The van der Waals surface area contributed by atoms with Gasteiger partial charge in [-0.1, -0.05) is 29.8 Å². The molecule has 0 aromatic heterocycles. The highest BCUT2D eigenvalue weighted by Gasteiger charge is 1.98. The molecule has 96 valence electrons. The number of rotatable bonds is 3. The van der Waals surface area contributed by atoms with E-state index in [4.69, 9.17) is 11.6 Å². The SMILES string of the molecule is O=C(/C=C/c1ccc(Cl)cc1)Nc1cccc(I)c1. The van der Waals surface area contributed by atoms with Crippen LogP contribution in [-0.2, 0) is 4.79 Å². The summed E-state index contributed by atoms with van der Waals surface area (Å²) >= 11 is 8.00. The summed E-state index contributed by atoms with van der Waals surface area (Å²) in [6.45, 7) is 0. The maximum atomic E-state index is 11.7. The van der Waals surface area contributed by atoms with Gasteiger partial charge in [-0.2, -0.15) is 0 Å². The largest absolute Gasteiger partial charge is 0.322 e. The Bertz CT molecular complexity index is 608. The minimum Gasteiger partial charge on any atom is -0.322 e. The van der Waals surface area contributed by atoms with E-state index in [2.05, 4.69) is 27.9 Å². The second-order valence-corrected chi connectivity index (χ2v) is 5.57. The van der Waals surface area contributed by atoms with Crippen LogP contribution in [0.5, 0.6) is 0 Å². The molecule has 19 heavy (non-hydrogen) atoms. The molecule has 1 N–H and O–H groups in total. The molecular weight excluding hydrogens is 373 g/mol. The lowest BCUT2D eigenvalue weighted by molar-refractivity contribution is -0.111. The third kappa shape index (κ3) is 4.69. The van der Waals surface area contributed by atoms with Crippen LogP contribution < -0.4 is 5.32 Å². The van der Waals surface area contributed by atoms with Gasteiger partial charge in [0, 0.05) is 20.4 Å². The molecule has 0 radical (unpaired) electrons. The van der Waals surface area contributed by atoms with Crippen LogP contribution in [-0.4, -0.2) is 5.91 Å². The number of benzene rings is 2. The fourth-order valence-electron chi connectivity index (χ4n) is 1.50. The van der Waals surface area contributed by atoms with Crippen molar-refractivity contribution in [2.75, 3.05) is 5.32 Å². The zero-order valence-electron chi connectivity index (χ0n) is 9.94. The van der Waals surface area contributed by atoms with Gasteiger partial charge in [0.25, 0.3) is 0 Å². The Kier molecular flexibility index (Phi) is 4.99. The van der Waals surface area contributed by atoms with Crippen LogP contribution in [0.1, 0.15) is 5.56 Å². The fourth-order valence-corrected chi connectivity index (χ4v) is 2.17. The summed E-state index contributed by atoms with van der Waals surface area (Å²) < 4.78 is 1.08. The number of halogens is 2. The topological polar surface area (TPSA) is 29.1 Å². The van der Waals surface area contributed by atoms with Crippen molar-refractivity contribution < 1.29 is 4.79 Å². The molecule has 0 saturated heterocycles. The summed E-state index contributed by atoms with van der Waals surface area (Å²) in [5.41, 5.74) is 1.72. The van der Waals surface area contributed by atoms with Crippen molar-refractivity contribution in [3.8, 4) is 0 Å². The van der Waals surface area contributed by atoms with Crippen molar-refractivity contribution >= 4 is 51.9 Å². The first-order valence-corrected chi connectivity index (χ1v) is 7.09. The molecule has 2 rings (SSSR count). The van der Waals surface area contributed by atoms with Crippen molar-refractivity contribution in [1.29, 1.82) is 0 Å². The Morgan fingerprint density at radius 3 is 2.58 bits per heavy atom. The normalized spacial score (nSPS) is 10.6. The average Bonchev–Trinajstić information content (AvgIpc) is 2.38. The fraction of sp³-hybridized carbons (Fsp3) is 0. The van der Waals surface area contributed by atoms with Gasteiger partial charge in [-0.15, -0.1) is 0 Å². The number of carbonyl (C=O) groups excluding carboxylic acids is 1. The van der Waals surface area contributed by atoms with Crippen molar-refractivity contribution in [3.05, 3.63) is 68.8 Å². The maximum Gasteiger partial charge on any atom is 0.248 e. The Labute approximate surface area is 130 Å². The molecular formula is C15H11ClINO. The van der Waals surface area contributed by atoms with Gasteiger partial charge in [-0.3, -0.25) is 4.79 Å². The second kappa shape index (κ2) is 6.73. The highest BCUT2D eigenvalue weighted by molar-refractivity contribution is 14.1. The zero-order chi connectivity index (χ0) is 13.7. The second-order valence-electron chi connectivity index (χ2n) is 3.88. The number of hydrogen-bond acceptors (Lipinski definition) is 1. The van der Waals surface area contributed by atoms with Crippen LogP contribution in [0.4, 0.5) is 5.69 Å². The predicted octanol–water partition coefficient (Wildman–Crippen LogP) is 4.60.